The van der Waals surface area contributed by atoms with E-state index in [1.54, 1.807) is 0 Å². The molecule has 2 aliphatic rings. The van der Waals surface area contributed by atoms with E-state index in [-0.39, 0.29) is 11.8 Å². The van der Waals surface area contributed by atoms with E-state index in [1.165, 1.54) is 0 Å². The quantitative estimate of drug-likeness (QED) is 0.797. The average Bonchev–Trinajstić information content (AvgIpc) is 3.05. The molecule has 0 bridgehead atoms. The Kier molecular flexibility index (Phi) is 5.61. The van der Waals surface area contributed by atoms with Crippen molar-refractivity contribution < 1.29 is 14.3 Å². The molecule has 5 nitrogen and oxygen atoms in total. The summed E-state index contributed by atoms with van der Waals surface area (Å²) in [4.78, 5) is 29.7. The fraction of sp³-hybridized carbons (Fsp3) is 0.600. The van der Waals surface area contributed by atoms with Gasteiger partial charge < -0.3 is 14.5 Å². The average molecular weight is 344 g/mol. The first-order chi connectivity index (χ1) is 12.2. The normalized spacial score (nSPS) is 23.3. The molecular weight excluding hydrogens is 316 g/mol. The van der Waals surface area contributed by atoms with Gasteiger partial charge in [0.2, 0.25) is 11.8 Å². The molecule has 1 atom stereocenters. The van der Waals surface area contributed by atoms with Crippen molar-refractivity contribution in [1.82, 2.24) is 9.80 Å². The zero-order valence-corrected chi connectivity index (χ0v) is 15.1. The number of carbonyl (C=O) groups is 2. The predicted molar refractivity (Wildman–Crippen MR) is 96.3 cm³/mol. The number of hydrogen-bond donors (Lipinski definition) is 0. The van der Waals surface area contributed by atoms with Crippen molar-refractivity contribution in [2.45, 2.75) is 51.0 Å². The van der Waals surface area contributed by atoms with Crippen LogP contribution < -0.4 is 4.74 Å². The number of benzene rings is 1. The lowest BCUT2D eigenvalue weighted by Gasteiger charge is -2.44. The number of carbonyl (C=O) groups excluding carboxylic acids is 2. The first kappa shape index (κ1) is 17.8. The second kappa shape index (κ2) is 7.89. The first-order valence-corrected chi connectivity index (χ1v) is 9.45. The summed E-state index contributed by atoms with van der Waals surface area (Å²) in [6.45, 7) is 4.75. The van der Waals surface area contributed by atoms with Gasteiger partial charge in [0.15, 0.2) is 0 Å². The van der Waals surface area contributed by atoms with Gasteiger partial charge in [-0.1, -0.05) is 25.1 Å². The SMILES string of the molecule is CCCN1CCCC2(CCCN2C(=O)CCOc2ccccc2)C1=O. The molecule has 2 fully saturated rings. The molecule has 2 saturated heterocycles. The Balaban J connectivity index is 1.62. The molecule has 0 radical (unpaired) electrons. The van der Waals surface area contributed by atoms with E-state index in [0.29, 0.717) is 19.6 Å². The van der Waals surface area contributed by atoms with Crippen molar-refractivity contribution in [2.24, 2.45) is 0 Å². The largest absolute Gasteiger partial charge is 0.493 e. The highest BCUT2D eigenvalue weighted by atomic mass is 16.5. The maximum Gasteiger partial charge on any atom is 0.248 e. The number of para-hydroxylation sites is 1. The lowest BCUT2D eigenvalue weighted by Crippen LogP contribution is -2.61. The molecule has 0 N–H and O–H groups in total. The third kappa shape index (κ3) is 3.65. The Bertz CT molecular complexity index is 602. The van der Waals surface area contributed by atoms with Crippen LogP contribution in [0.3, 0.4) is 0 Å². The van der Waals surface area contributed by atoms with Crippen LogP contribution in [-0.2, 0) is 9.59 Å². The van der Waals surface area contributed by atoms with E-state index in [2.05, 4.69) is 6.92 Å². The Morgan fingerprint density at radius 3 is 2.60 bits per heavy atom. The molecule has 1 aromatic carbocycles. The van der Waals surface area contributed by atoms with Crippen LogP contribution in [0.25, 0.3) is 0 Å². The van der Waals surface area contributed by atoms with Crippen LogP contribution >= 0.6 is 0 Å². The molecule has 2 amide bonds. The fourth-order valence-electron chi connectivity index (χ4n) is 4.18. The standard InChI is InChI=1S/C20H28N2O3/c1-2-13-21-14-6-11-20(19(21)24)12-7-15-22(20)18(23)10-16-25-17-8-4-3-5-9-17/h3-5,8-9H,2,6-7,10-16H2,1H3. The lowest BCUT2D eigenvalue weighted by molar-refractivity contribution is -0.155. The molecule has 3 rings (SSSR count). The number of amides is 2. The Morgan fingerprint density at radius 2 is 1.88 bits per heavy atom. The highest BCUT2D eigenvalue weighted by molar-refractivity contribution is 5.92. The minimum absolute atomic E-state index is 0.0418. The van der Waals surface area contributed by atoms with E-state index in [4.69, 9.17) is 4.74 Å². The van der Waals surface area contributed by atoms with Crippen LogP contribution in [-0.4, -0.2) is 53.4 Å². The monoisotopic (exact) mass is 344 g/mol. The van der Waals surface area contributed by atoms with E-state index >= 15 is 0 Å². The Hall–Kier alpha value is -2.04. The fourth-order valence-corrected chi connectivity index (χ4v) is 4.18. The number of rotatable bonds is 6. The van der Waals surface area contributed by atoms with Crippen molar-refractivity contribution in [3.8, 4) is 5.75 Å². The van der Waals surface area contributed by atoms with Crippen LogP contribution in [0.5, 0.6) is 5.75 Å². The highest BCUT2D eigenvalue weighted by Gasteiger charge is 2.52. The van der Waals surface area contributed by atoms with Gasteiger partial charge in [-0.25, -0.2) is 0 Å². The second-order valence-electron chi connectivity index (χ2n) is 6.99. The van der Waals surface area contributed by atoms with Crippen molar-refractivity contribution in [2.75, 3.05) is 26.2 Å². The van der Waals surface area contributed by atoms with E-state index in [9.17, 15) is 9.59 Å². The lowest BCUT2D eigenvalue weighted by atomic mass is 9.85. The van der Waals surface area contributed by atoms with Crippen molar-refractivity contribution in [3.63, 3.8) is 0 Å². The Labute approximate surface area is 149 Å². The van der Waals surface area contributed by atoms with Crippen LogP contribution in [0.15, 0.2) is 30.3 Å². The highest BCUT2D eigenvalue weighted by Crippen LogP contribution is 2.38. The van der Waals surface area contributed by atoms with Gasteiger partial charge in [-0.3, -0.25) is 9.59 Å². The van der Waals surface area contributed by atoms with Gasteiger partial charge in [-0.05, 0) is 44.2 Å². The molecule has 2 heterocycles. The van der Waals surface area contributed by atoms with E-state index in [0.717, 1.165) is 50.9 Å². The van der Waals surface area contributed by atoms with Gasteiger partial charge in [0.1, 0.15) is 11.3 Å². The maximum absolute atomic E-state index is 13.1. The van der Waals surface area contributed by atoms with Gasteiger partial charge in [-0.15, -0.1) is 0 Å². The summed E-state index contributed by atoms with van der Waals surface area (Å²) >= 11 is 0. The smallest absolute Gasteiger partial charge is 0.248 e. The van der Waals surface area contributed by atoms with Gasteiger partial charge in [-0.2, -0.15) is 0 Å². The van der Waals surface area contributed by atoms with Gasteiger partial charge in [0.25, 0.3) is 0 Å². The van der Waals surface area contributed by atoms with Crippen LogP contribution in [0.2, 0.25) is 0 Å². The molecule has 0 aliphatic carbocycles. The summed E-state index contributed by atoms with van der Waals surface area (Å²) in [5, 5.41) is 0. The molecular formula is C20H28N2O3. The zero-order chi connectivity index (χ0) is 17.7. The van der Waals surface area contributed by atoms with Crippen molar-refractivity contribution >= 4 is 11.8 Å². The molecule has 0 saturated carbocycles. The summed E-state index contributed by atoms with van der Waals surface area (Å²) in [7, 11) is 0. The Morgan fingerprint density at radius 1 is 1.16 bits per heavy atom. The summed E-state index contributed by atoms with van der Waals surface area (Å²) in [6.07, 6.45) is 4.78. The molecule has 2 aliphatic heterocycles. The minimum atomic E-state index is -0.586. The topological polar surface area (TPSA) is 49.9 Å². The third-order valence-electron chi connectivity index (χ3n) is 5.31. The summed E-state index contributed by atoms with van der Waals surface area (Å²) in [5.74, 6) is 0.977. The minimum Gasteiger partial charge on any atom is -0.493 e. The molecule has 1 spiro atoms. The molecule has 1 aromatic rings. The maximum atomic E-state index is 13.1. The summed E-state index contributed by atoms with van der Waals surface area (Å²) < 4.78 is 5.66. The van der Waals surface area contributed by atoms with Crippen LogP contribution in [0.4, 0.5) is 0 Å². The summed E-state index contributed by atoms with van der Waals surface area (Å²) in [6, 6.07) is 9.53. The van der Waals surface area contributed by atoms with E-state index in [1.807, 2.05) is 40.1 Å². The number of ether oxygens (including phenoxy) is 1. The molecule has 136 valence electrons. The number of piperidine rings is 1. The van der Waals surface area contributed by atoms with Gasteiger partial charge >= 0.3 is 0 Å². The van der Waals surface area contributed by atoms with Gasteiger partial charge in [0, 0.05) is 19.6 Å². The van der Waals surface area contributed by atoms with E-state index < -0.39 is 5.54 Å². The molecule has 1 unspecified atom stereocenters. The van der Waals surface area contributed by atoms with Crippen molar-refractivity contribution in [1.29, 1.82) is 0 Å². The molecule has 25 heavy (non-hydrogen) atoms. The van der Waals surface area contributed by atoms with Crippen LogP contribution in [0.1, 0.15) is 45.4 Å². The van der Waals surface area contributed by atoms with Crippen LogP contribution in [0, 0.1) is 0 Å². The third-order valence-corrected chi connectivity index (χ3v) is 5.31. The molecule has 5 heteroatoms. The number of hydrogen-bond acceptors (Lipinski definition) is 3. The van der Waals surface area contributed by atoms with Crippen molar-refractivity contribution in [3.05, 3.63) is 30.3 Å². The second-order valence-corrected chi connectivity index (χ2v) is 6.99. The summed E-state index contributed by atoms with van der Waals surface area (Å²) in [5.41, 5.74) is -0.586. The first-order valence-electron chi connectivity index (χ1n) is 9.45. The predicted octanol–water partition coefficient (Wildman–Crippen LogP) is 2.85. The zero-order valence-electron chi connectivity index (χ0n) is 15.1. The molecule has 0 aromatic heterocycles. The number of nitrogens with zero attached hydrogens (tertiary/aromatic N) is 2. The van der Waals surface area contributed by atoms with Gasteiger partial charge in [0.05, 0.1) is 13.0 Å². The number of likely N-dealkylation sites (tertiary alicyclic amines) is 2.